The summed E-state index contributed by atoms with van der Waals surface area (Å²) >= 11 is 0. The van der Waals surface area contributed by atoms with E-state index in [9.17, 15) is 22.8 Å². The molecule has 1 aliphatic heterocycles. The number of benzene rings is 1. The van der Waals surface area contributed by atoms with E-state index >= 15 is 0 Å². The zero-order valence-corrected chi connectivity index (χ0v) is 15.5. The average Bonchev–Trinajstić information content (AvgIpc) is 2.63. The van der Waals surface area contributed by atoms with Crippen molar-refractivity contribution in [1.29, 1.82) is 0 Å². The normalized spacial score (nSPS) is 15.7. The van der Waals surface area contributed by atoms with Crippen LogP contribution in [0.3, 0.4) is 0 Å². The molecule has 1 heterocycles. The maximum Gasteiger partial charge on any atom is 0.416 e. The number of rotatable bonds is 5. The van der Waals surface area contributed by atoms with Crippen LogP contribution in [0.15, 0.2) is 24.3 Å². The minimum Gasteiger partial charge on any atom is -0.449 e. The van der Waals surface area contributed by atoms with Crippen molar-refractivity contribution in [3.8, 4) is 0 Å². The summed E-state index contributed by atoms with van der Waals surface area (Å²) < 4.78 is 44.2. The Hall–Kier alpha value is -2.25. The Balaban J connectivity index is 1.83. The molecule has 1 aromatic rings. The molecule has 1 fully saturated rings. The van der Waals surface area contributed by atoms with E-state index in [1.54, 1.807) is 4.90 Å². The fourth-order valence-electron chi connectivity index (χ4n) is 2.93. The first kappa shape index (κ1) is 21.1. The van der Waals surface area contributed by atoms with E-state index in [0.29, 0.717) is 32.5 Å². The molecular weight excluding hydrogens is 361 g/mol. The van der Waals surface area contributed by atoms with Gasteiger partial charge < -0.3 is 15.0 Å². The molecule has 8 heteroatoms. The van der Waals surface area contributed by atoms with Crippen molar-refractivity contribution in [2.75, 3.05) is 19.7 Å². The lowest BCUT2D eigenvalue weighted by Gasteiger charge is -2.30. The molecule has 2 amide bonds. The van der Waals surface area contributed by atoms with Crippen molar-refractivity contribution in [1.82, 2.24) is 10.2 Å². The van der Waals surface area contributed by atoms with E-state index in [4.69, 9.17) is 4.74 Å². The van der Waals surface area contributed by atoms with Crippen LogP contribution >= 0.6 is 0 Å². The molecule has 5 nitrogen and oxygen atoms in total. The predicted molar refractivity (Wildman–Crippen MR) is 93.8 cm³/mol. The van der Waals surface area contributed by atoms with E-state index in [2.05, 4.69) is 5.32 Å². The maximum absolute atomic E-state index is 13.0. The Morgan fingerprint density at radius 3 is 2.44 bits per heavy atom. The van der Waals surface area contributed by atoms with Crippen LogP contribution in [0.2, 0.25) is 0 Å². The van der Waals surface area contributed by atoms with Gasteiger partial charge in [-0.3, -0.25) is 4.79 Å². The number of halogens is 3. The summed E-state index contributed by atoms with van der Waals surface area (Å²) in [7, 11) is 0. The number of carbonyl (C=O) groups excluding carboxylic acids is 2. The lowest BCUT2D eigenvalue weighted by molar-refractivity contribution is -0.138. The highest BCUT2D eigenvalue weighted by Gasteiger charge is 2.33. The van der Waals surface area contributed by atoms with Gasteiger partial charge in [0.2, 0.25) is 5.91 Å². The van der Waals surface area contributed by atoms with Gasteiger partial charge in [-0.05, 0) is 30.4 Å². The first-order chi connectivity index (χ1) is 12.7. The predicted octanol–water partition coefficient (Wildman–Crippen LogP) is 3.83. The number of hydrogen-bond acceptors (Lipinski definition) is 3. The monoisotopic (exact) mass is 386 g/mol. The van der Waals surface area contributed by atoms with Gasteiger partial charge in [-0.15, -0.1) is 0 Å². The van der Waals surface area contributed by atoms with Crippen LogP contribution in [0.4, 0.5) is 18.0 Å². The van der Waals surface area contributed by atoms with Gasteiger partial charge in [-0.2, -0.15) is 13.2 Å². The summed E-state index contributed by atoms with van der Waals surface area (Å²) in [6, 6.07) is 5.19. The molecule has 0 unspecified atom stereocenters. The summed E-state index contributed by atoms with van der Waals surface area (Å²) in [6.45, 7) is 4.85. The molecule has 0 aliphatic carbocycles. The summed E-state index contributed by atoms with van der Waals surface area (Å²) in [6.07, 6.45) is -3.92. The molecule has 1 N–H and O–H groups in total. The lowest BCUT2D eigenvalue weighted by atomic mass is 9.96. The van der Waals surface area contributed by atoms with Crippen molar-refractivity contribution in [2.24, 2.45) is 11.8 Å². The van der Waals surface area contributed by atoms with Gasteiger partial charge in [0.25, 0.3) is 0 Å². The SMILES string of the molecule is CC(C)COC(=O)N1CCC(C(=O)NCc2ccccc2C(F)(F)F)CC1. The molecule has 1 aliphatic rings. The van der Waals surface area contributed by atoms with E-state index in [1.807, 2.05) is 13.8 Å². The molecular formula is C19H25F3N2O3. The van der Waals surface area contributed by atoms with Crippen LogP contribution < -0.4 is 5.32 Å². The smallest absolute Gasteiger partial charge is 0.416 e. The second-order valence-electron chi connectivity index (χ2n) is 7.10. The van der Waals surface area contributed by atoms with Gasteiger partial charge in [0, 0.05) is 25.6 Å². The number of piperidine rings is 1. The Morgan fingerprint density at radius 1 is 1.22 bits per heavy atom. The second-order valence-corrected chi connectivity index (χ2v) is 7.10. The van der Waals surface area contributed by atoms with E-state index < -0.39 is 11.7 Å². The first-order valence-corrected chi connectivity index (χ1v) is 9.03. The van der Waals surface area contributed by atoms with E-state index in [1.165, 1.54) is 18.2 Å². The van der Waals surface area contributed by atoms with Crippen molar-refractivity contribution in [2.45, 2.75) is 39.4 Å². The van der Waals surface area contributed by atoms with Gasteiger partial charge in [0.05, 0.1) is 12.2 Å². The van der Waals surface area contributed by atoms with Crippen LogP contribution in [0.25, 0.3) is 0 Å². The van der Waals surface area contributed by atoms with Crippen LogP contribution in [-0.4, -0.2) is 36.6 Å². The van der Waals surface area contributed by atoms with E-state index in [-0.39, 0.29) is 35.9 Å². The summed E-state index contributed by atoms with van der Waals surface area (Å²) in [5.41, 5.74) is -0.707. The molecule has 150 valence electrons. The molecule has 2 rings (SSSR count). The number of hydrogen-bond donors (Lipinski definition) is 1. The third kappa shape index (κ3) is 6.15. The Morgan fingerprint density at radius 2 is 1.85 bits per heavy atom. The molecule has 27 heavy (non-hydrogen) atoms. The minimum absolute atomic E-state index is 0.0352. The van der Waals surface area contributed by atoms with Gasteiger partial charge in [0.15, 0.2) is 0 Å². The summed E-state index contributed by atoms with van der Waals surface area (Å²) in [4.78, 5) is 25.8. The molecule has 0 spiro atoms. The van der Waals surface area contributed by atoms with Gasteiger partial charge >= 0.3 is 12.3 Å². The highest BCUT2D eigenvalue weighted by Crippen LogP contribution is 2.31. The number of alkyl halides is 3. The minimum atomic E-state index is -4.46. The third-order valence-corrected chi connectivity index (χ3v) is 4.44. The van der Waals surface area contributed by atoms with Crippen LogP contribution in [-0.2, 0) is 22.3 Å². The molecule has 1 saturated heterocycles. The fourth-order valence-corrected chi connectivity index (χ4v) is 2.93. The quantitative estimate of drug-likeness (QED) is 0.837. The number of nitrogens with one attached hydrogen (secondary N) is 1. The van der Waals surface area contributed by atoms with Crippen molar-refractivity contribution in [3.05, 3.63) is 35.4 Å². The lowest BCUT2D eigenvalue weighted by Crippen LogP contribution is -2.43. The number of ether oxygens (including phenoxy) is 1. The van der Waals surface area contributed by atoms with Crippen LogP contribution in [0.1, 0.15) is 37.8 Å². The maximum atomic E-state index is 13.0. The van der Waals surface area contributed by atoms with Crippen LogP contribution in [0.5, 0.6) is 0 Å². The van der Waals surface area contributed by atoms with Crippen molar-refractivity contribution in [3.63, 3.8) is 0 Å². The summed E-state index contributed by atoms with van der Waals surface area (Å²) in [5.74, 6) is -0.365. The highest BCUT2D eigenvalue weighted by atomic mass is 19.4. The molecule has 0 saturated carbocycles. The molecule has 0 bridgehead atoms. The fraction of sp³-hybridized carbons (Fsp3) is 0.579. The Labute approximate surface area is 156 Å². The largest absolute Gasteiger partial charge is 0.449 e. The number of amides is 2. The Bertz CT molecular complexity index is 654. The summed E-state index contributed by atoms with van der Waals surface area (Å²) in [5, 5.41) is 2.59. The Kier molecular flexibility index (Phi) is 7.10. The average molecular weight is 386 g/mol. The highest BCUT2D eigenvalue weighted by molar-refractivity contribution is 5.79. The second kappa shape index (κ2) is 9.10. The topological polar surface area (TPSA) is 58.6 Å². The number of nitrogens with zero attached hydrogens (tertiary/aromatic N) is 1. The standard InChI is InChI=1S/C19H25F3N2O3/c1-13(2)12-27-18(26)24-9-7-14(8-10-24)17(25)23-11-15-5-3-4-6-16(15)19(20,21)22/h3-6,13-14H,7-12H2,1-2H3,(H,23,25). The number of carbonyl (C=O) groups is 2. The first-order valence-electron chi connectivity index (χ1n) is 9.03. The van der Waals surface area contributed by atoms with Gasteiger partial charge in [0.1, 0.15) is 0 Å². The molecule has 0 radical (unpaired) electrons. The van der Waals surface area contributed by atoms with Gasteiger partial charge in [-0.1, -0.05) is 32.0 Å². The number of likely N-dealkylation sites (tertiary alicyclic amines) is 1. The molecule has 0 atom stereocenters. The zero-order chi connectivity index (χ0) is 20.0. The van der Waals surface area contributed by atoms with Gasteiger partial charge in [-0.25, -0.2) is 4.79 Å². The third-order valence-electron chi connectivity index (χ3n) is 4.44. The van der Waals surface area contributed by atoms with Crippen molar-refractivity contribution < 1.29 is 27.5 Å². The van der Waals surface area contributed by atoms with Crippen LogP contribution in [0, 0.1) is 11.8 Å². The van der Waals surface area contributed by atoms with E-state index in [0.717, 1.165) is 6.07 Å². The van der Waals surface area contributed by atoms with Crippen molar-refractivity contribution >= 4 is 12.0 Å². The molecule has 0 aromatic heterocycles. The zero-order valence-electron chi connectivity index (χ0n) is 15.5. The molecule has 1 aromatic carbocycles.